The van der Waals surface area contributed by atoms with E-state index in [0.29, 0.717) is 5.54 Å². The molecule has 0 heterocycles. The highest BCUT2D eigenvalue weighted by molar-refractivity contribution is 4.96. The highest BCUT2D eigenvalue weighted by atomic mass is 15.0. The monoisotopic (exact) mass is 209 g/mol. The van der Waals surface area contributed by atoms with Gasteiger partial charge in [0, 0.05) is 11.6 Å². The Morgan fingerprint density at radius 2 is 1.87 bits per heavy atom. The lowest BCUT2D eigenvalue weighted by Gasteiger charge is -2.36. The molecule has 2 atom stereocenters. The van der Waals surface area contributed by atoms with Crippen LogP contribution in [0.5, 0.6) is 0 Å². The molecule has 88 valence electrons. The van der Waals surface area contributed by atoms with Gasteiger partial charge in [0.15, 0.2) is 0 Å². The van der Waals surface area contributed by atoms with Gasteiger partial charge < -0.3 is 5.32 Å². The van der Waals surface area contributed by atoms with Crippen molar-refractivity contribution in [2.24, 2.45) is 11.8 Å². The predicted octanol–water partition coefficient (Wildman–Crippen LogP) is 3.73. The fraction of sp³-hybridized carbons (Fsp3) is 1.00. The van der Waals surface area contributed by atoms with Gasteiger partial charge in [0.2, 0.25) is 0 Å². The van der Waals surface area contributed by atoms with Gasteiger partial charge in [-0.1, -0.05) is 26.2 Å². The third-order valence-corrected chi connectivity index (χ3v) is 4.53. The zero-order valence-corrected chi connectivity index (χ0v) is 10.7. The molecular formula is C14H27N. The maximum Gasteiger partial charge on any atom is 0.0155 e. The first-order valence-electron chi connectivity index (χ1n) is 6.89. The Balaban J connectivity index is 1.82. The summed E-state index contributed by atoms with van der Waals surface area (Å²) in [5.41, 5.74) is 0.403. The summed E-state index contributed by atoms with van der Waals surface area (Å²) in [6.45, 7) is 7.15. The lowest BCUT2D eigenvalue weighted by atomic mass is 9.82. The molecule has 0 amide bonds. The van der Waals surface area contributed by atoms with Crippen LogP contribution in [0, 0.1) is 11.8 Å². The molecule has 0 spiro atoms. The lowest BCUT2D eigenvalue weighted by Crippen LogP contribution is -2.49. The molecule has 0 aromatic carbocycles. The van der Waals surface area contributed by atoms with E-state index in [9.17, 15) is 0 Å². The van der Waals surface area contributed by atoms with Crippen molar-refractivity contribution in [2.45, 2.75) is 77.3 Å². The van der Waals surface area contributed by atoms with Crippen molar-refractivity contribution in [3.05, 3.63) is 0 Å². The molecular weight excluding hydrogens is 182 g/mol. The molecule has 2 aliphatic carbocycles. The Kier molecular flexibility index (Phi) is 3.39. The average Bonchev–Trinajstić information content (AvgIpc) is 3.00. The van der Waals surface area contributed by atoms with Crippen LogP contribution in [-0.4, -0.2) is 11.6 Å². The molecule has 2 aliphatic rings. The normalized spacial score (nSPS) is 33.0. The fourth-order valence-corrected chi connectivity index (χ4v) is 3.24. The van der Waals surface area contributed by atoms with Gasteiger partial charge in [-0.2, -0.15) is 0 Å². The maximum absolute atomic E-state index is 3.92. The molecule has 1 N–H and O–H groups in total. The van der Waals surface area contributed by atoms with Gasteiger partial charge in [0.1, 0.15) is 0 Å². The van der Waals surface area contributed by atoms with Crippen LogP contribution in [0.25, 0.3) is 0 Å². The summed E-state index contributed by atoms with van der Waals surface area (Å²) < 4.78 is 0. The predicted molar refractivity (Wildman–Crippen MR) is 66.0 cm³/mol. The number of hydrogen-bond donors (Lipinski definition) is 1. The van der Waals surface area contributed by atoms with Crippen LogP contribution in [0.2, 0.25) is 0 Å². The molecule has 1 nitrogen and oxygen atoms in total. The largest absolute Gasteiger partial charge is 0.309 e. The van der Waals surface area contributed by atoms with Crippen LogP contribution in [0.1, 0.15) is 65.7 Å². The second-order valence-corrected chi connectivity index (χ2v) is 6.28. The molecule has 0 bridgehead atoms. The van der Waals surface area contributed by atoms with Gasteiger partial charge >= 0.3 is 0 Å². The summed E-state index contributed by atoms with van der Waals surface area (Å²) in [6.07, 6.45) is 10.0. The summed E-state index contributed by atoms with van der Waals surface area (Å²) in [7, 11) is 0. The first-order valence-corrected chi connectivity index (χ1v) is 6.89. The third-order valence-electron chi connectivity index (χ3n) is 4.53. The molecule has 0 radical (unpaired) electrons. The van der Waals surface area contributed by atoms with Crippen LogP contribution in [-0.2, 0) is 0 Å². The number of nitrogens with one attached hydrogen (secondary N) is 1. The summed E-state index contributed by atoms with van der Waals surface area (Å²) in [6, 6.07) is 0.805. The topological polar surface area (TPSA) is 12.0 Å². The van der Waals surface area contributed by atoms with Crippen molar-refractivity contribution in [3.8, 4) is 0 Å². The van der Waals surface area contributed by atoms with E-state index in [1.165, 1.54) is 44.9 Å². The van der Waals surface area contributed by atoms with E-state index >= 15 is 0 Å². The average molecular weight is 209 g/mol. The van der Waals surface area contributed by atoms with E-state index in [2.05, 4.69) is 26.1 Å². The van der Waals surface area contributed by atoms with E-state index in [0.717, 1.165) is 17.9 Å². The summed E-state index contributed by atoms with van der Waals surface area (Å²) in [5, 5.41) is 3.92. The Bertz CT molecular complexity index is 205. The Morgan fingerprint density at radius 3 is 2.47 bits per heavy atom. The molecule has 0 saturated heterocycles. The molecule has 0 aromatic rings. The quantitative estimate of drug-likeness (QED) is 0.744. The first kappa shape index (κ1) is 11.4. The Labute approximate surface area is 95.0 Å². The zero-order valence-electron chi connectivity index (χ0n) is 10.7. The van der Waals surface area contributed by atoms with Crippen LogP contribution >= 0.6 is 0 Å². The minimum Gasteiger partial charge on any atom is -0.309 e. The van der Waals surface area contributed by atoms with Crippen LogP contribution in [0.4, 0.5) is 0 Å². The number of rotatable bonds is 4. The first-order chi connectivity index (χ1) is 7.12. The molecule has 2 unspecified atom stereocenters. The van der Waals surface area contributed by atoms with Gasteiger partial charge in [0.25, 0.3) is 0 Å². The van der Waals surface area contributed by atoms with Gasteiger partial charge in [-0.25, -0.2) is 0 Å². The summed E-state index contributed by atoms with van der Waals surface area (Å²) in [5.74, 6) is 1.95. The second kappa shape index (κ2) is 4.45. The van der Waals surface area contributed by atoms with Crippen molar-refractivity contribution >= 4 is 0 Å². The van der Waals surface area contributed by atoms with E-state index in [1.807, 2.05) is 0 Å². The molecule has 2 fully saturated rings. The van der Waals surface area contributed by atoms with Gasteiger partial charge in [-0.15, -0.1) is 0 Å². The van der Waals surface area contributed by atoms with Crippen molar-refractivity contribution < 1.29 is 0 Å². The van der Waals surface area contributed by atoms with Gasteiger partial charge in [-0.3, -0.25) is 0 Å². The van der Waals surface area contributed by atoms with Crippen molar-refractivity contribution in [3.63, 3.8) is 0 Å². The van der Waals surface area contributed by atoms with Crippen molar-refractivity contribution in [2.75, 3.05) is 0 Å². The fourth-order valence-electron chi connectivity index (χ4n) is 3.24. The number of hydrogen-bond acceptors (Lipinski definition) is 1. The van der Waals surface area contributed by atoms with E-state index in [1.54, 1.807) is 0 Å². The standard InChI is InChI=1S/C14H27N/c1-4-11-6-5-7-13(10-11)15-14(2,3)12-8-9-12/h11-13,15H,4-10H2,1-3H3. The Morgan fingerprint density at radius 1 is 1.13 bits per heavy atom. The van der Waals surface area contributed by atoms with Gasteiger partial charge in [0.05, 0.1) is 0 Å². The van der Waals surface area contributed by atoms with Crippen molar-refractivity contribution in [1.82, 2.24) is 5.32 Å². The molecule has 0 aromatic heterocycles. The minimum absolute atomic E-state index is 0.403. The zero-order chi connectivity index (χ0) is 10.9. The second-order valence-electron chi connectivity index (χ2n) is 6.28. The highest BCUT2D eigenvalue weighted by Gasteiger charge is 2.39. The summed E-state index contributed by atoms with van der Waals surface area (Å²) >= 11 is 0. The smallest absolute Gasteiger partial charge is 0.0155 e. The summed E-state index contributed by atoms with van der Waals surface area (Å²) in [4.78, 5) is 0. The molecule has 15 heavy (non-hydrogen) atoms. The molecule has 2 saturated carbocycles. The van der Waals surface area contributed by atoms with E-state index < -0.39 is 0 Å². The van der Waals surface area contributed by atoms with Crippen LogP contribution in [0.3, 0.4) is 0 Å². The lowest BCUT2D eigenvalue weighted by molar-refractivity contribution is 0.216. The molecule has 2 rings (SSSR count). The van der Waals surface area contributed by atoms with Crippen LogP contribution in [0.15, 0.2) is 0 Å². The highest BCUT2D eigenvalue weighted by Crippen LogP contribution is 2.40. The van der Waals surface area contributed by atoms with Gasteiger partial charge in [-0.05, 0) is 51.4 Å². The SMILES string of the molecule is CCC1CCCC(NC(C)(C)C2CC2)C1. The molecule has 1 heteroatoms. The van der Waals surface area contributed by atoms with E-state index in [4.69, 9.17) is 0 Å². The Hall–Kier alpha value is -0.0400. The van der Waals surface area contributed by atoms with Crippen molar-refractivity contribution in [1.29, 1.82) is 0 Å². The third kappa shape index (κ3) is 2.96. The minimum atomic E-state index is 0.403. The van der Waals surface area contributed by atoms with Crippen LogP contribution < -0.4 is 5.32 Å². The maximum atomic E-state index is 3.92. The van der Waals surface area contributed by atoms with E-state index in [-0.39, 0.29) is 0 Å². The molecule has 0 aliphatic heterocycles.